The van der Waals surface area contributed by atoms with Crippen molar-refractivity contribution in [2.45, 2.75) is 58.5 Å². The molecule has 2 nitrogen and oxygen atoms in total. The molecule has 0 N–H and O–H groups in total. The zero-order valence-corrected chi connectivity index (χ0v) is 14.8. The van der Waals surface area contributed by atoms with E-state index in [9.17, 15) is 4.79 Å². The van der Waals surface area contributed by atoms with Crippen LogP contribution in [0.15, 0.2) is 30.3 Å². The van der Waals surface area contributed by atoms with Crippen molar-refractivity contribution in [3.8, 4) is 5.75 Å². The van der Waals surface area contributed by atoms with Crippen LogP contribution in [0.3, 0.4) is 0 Å². The second-order valence-corrected chi connectivity index (χ2v) is 8.60. The van der Waals surface area contributed by atoms with Crippen LogP contribution < -0.4 is 4.74 Å². The SMILES string of the molecule is CC(C)Oc1ccccc1/C=C/C(=O)C12CC3CC(CC(C3)C1)C2. The first kappa shape index (κ1) is 15.9. The van der Waals surface area contributed by atoms with Crippen molar-refractivity contribution in [1.82, 2.24) is 0 Å². The third-order valence-corrected chi connectivity index (χ3v) is 6.26. The molecule has 0 spiro atoms. The molecule has 2 heteroatoms. The van der Waals surface area contributed by atoms with Crippen molar-refractivity contribution < 1.29 is 9.53 Å². The Kier molecular flexibility index (Phi) is 4.02. The van der Waals surface area contributed by atoms with Crippen molar-refractivity contribution >= 4 is 11.9 Å². The lowest BCUT2D eigenvalue weighted by Gasteiger charge is -2.55. The van der Waals surface area contributed by atoms with Gasteiger partial charge in [0.2, 0.25) is 0 Å². The van der Waals surface area contributed by atoms with Gasteiger partial charge in [-0.15, -0.1) is 0 Å². The fourth-order valence-corrected chi connectivity index (χ4v) is 5.73. The number of ether oxygens (including phenoxy) is 1. The Morgan fingerprint density at radius 3 is 2.25 bits per heavy atom. The maximum Gasteiger partial charge on any atom is 0.161 e. The summed E-state index contributed by atoms with van der Waals surface area (Å²) in [5, 5.41) is 0. The largest absolute Gasteiger partial charge is 0.490 e. The molecule has 0 atom stereocenters. The van der Waals surface area contributed by atoms with E-state index in [0.29, 0.717) is 5.78 Å². The normalized spacial score (nSPS) is 34.2. The van der Waals surface area contributed by atoms with Gasteiger partial charge in [-0.05, 0) is 88.3 Å². The van der Waals surface area contributed by atoms with E-state index in [2.05, 4.69) is 0 Å². The zero-order valence-electron chi connectivity index (χ0n) is 14.8. The first-order chi connectivity index (χ1) is 11.5. The predicted molar refractivity (Wildman–Crippen MR) is 96.9 cm³/mol. The topological polar surface area (TPSA) is 26.3 Å². The Balaban J connectivity index is 1.53. The molecule has 4 fully saturated rings. The molecule has 4 aliphatic rings. The number of hydrogen-bond acceptors (Lipinski definition) is 2. The van der Waals surface area contributed by atoms with Crippen molar-refractivity contribution in [1.29, 1.82) is 0 Å². The smallest absolute Gasteiger partial charge is 0.161 e. The summed E-state index contributed by atoms with van der Waals surface area (Å²) >= 11 is 0. The van der Waals surface area contributed by atoms with Crippen molar-refractivity contribution in [2.75, 3.05) is 0 Å². The number of carbonyl (C=O) groups excluding carboxylic acids is 1. The van der Waals surface area contributed by atoms with Gasteiger partial charge in [-0.2, -0.15) is 0 Å². The van der Waals surface area contributed by atoms with Crippen LogP contribution in [-0.4, -0.2) is 11.9 Å². The van der Waals surface area contributed by atoms with Gasteiger partial charge >= 0.3 is 0 Å². The third-order valence-electron chi connectivity index (χ3n) is 6.26. The molecular formula is C22H28O2. The van der Waals surface area contributed by atoms with Gasteiger partial charge in [0, 0.05) is 11.0 Å². The van der Waals surface area contributed by atoms with Gasteiger partial charge < -0.3 is 4.74 Å². The van der Waals surface area contributed by atoms with Crippen LogP contribution in [0.2, 0.25) is 0 Å². The summed E-state index contributed by atoms with van der Waals surface area (Å²) in [5.74, 6) is 3.66. The van der Waals surface area contributed by atoms with Crippen LogP contribution in [0.1, 0.15) is 57.9 Å². The van der Waals surface area contributed by atoms with E-state index in [1.165, 1.54) is 19.3 Å². The Labute approximate surface area is 145 Å². The first-order valence-electron chi connectivity index (χ1n) is 9.52. The second-order valence-electron chi connectivity index (χ2n) is 8.60. The van der Waals surface area contributed by atoms with E-state index in [-0.39, 0.29) is 11.5 Å². The molecule has 1 aromatic carbocycles. The minimum Gasteiger partial charge on any atom is -0.490 e. The monoisotopic (exact) mass is 324 g/mol. The molecule has 24 heavy (non-hydrogen) atoms. The summed E-state index contributed by atoms with van der Waals surface area (Å²) in [6.07, 6.45) is 11.5. The van der Waals surface area contributed by atoms with E-state index in [0.717, 1.165) is 48.3 Å². The number of allylic oxidation sites excluding steroid dienone is 1. The Morgan fingerprint density at radius 1 is 1.08 bits per heavy atom. The minimum absolute atomic E-state index is 0.0426. The summed E-state index contributed by atoms with van der Waals surface area (Å²) in [5.41, 5.74) is 0.961. The van der Waals surface area contributed by atoms with E-state index >= 15 is 0 Å². The van der Waals surface area contributed by atoms with Crippen molar-refractivity contribution in [2.24, 2.45) is 23.2 Å². The molecule has 4 bridgehead atoms. The van der Waals surface area contributed by atoms with Gasteiger partial charge in [-0.25, -0.2) is 0 Å². The van der Waals surface area contributed by atoms with Crippen LogP contribution in [0, 0.1) is 23.2 Å². The molecule has 0 radical (unpaired) electrons. The molecule has 1 aromatic rings. The molecule has 5 rings (SSSR count). The highest BCUT2D eigenvalue weighted by Crippen LogP contribution is 2.60. The van der Waals surface area contributed by atoms with Gasteiger partial charge in [-0.3, -0.25) is 4.79 Å². The zero-order chi connectivity index (χ0) is 16.7. The summed E-state index contributed by atoms with van der Waals surface area (Å²) in [7, 11) is 0. The fraction of sp³-hybridized carbons (Fsp3) is 0.591. The first-order valence-corrected chi connectivity index (χ1v) is 9.52. The average molecular weight is 324 g/mol. The molecule has 128 valence electrons. The quantitative estimate of drug-likeness (QED) is 0.689. The van der Waals surface area contributed by atoms with Crippen LogP contribution >= 0.6 is 0 Å². The van der Waals surface area contributed by atoms with Crippen molar-refractivity contribution in [3.05, 3.63) is 35.9 Å². The maximum absolute atomic E-state index is 13.1. The number of ketones is 1. The summed E-state index contributed by atoms with van der Waals surface area (Å²) in [4.78, 5) is 13.1. The number of rotatable bonds is 5. The van der Waals surface area contributed by atoms with E-state index in [1.807, 2.05) is 50.3 Å². The Hall–Kier alpha value is -1.57. The van der Waals surface area contributed by atoms with Gasteiger partial charge in [0.05, 0.1) is 6.10 Å². The predicted octanol–water partition coefficient (Wildman–Crippen LogP) is 5.27. The van der Waals surface area contributed by atoms with Gasteiger partial charge in [0.25, 0.3) is 0 Å². The Bertz CT molecular complexity index is 620. The lowest BCUT2D eigenvalue weighted by Crippen LogP contribution is -2.49. The van der Waals surface area contributed by atoms with Crippen molar-refractivity contribution in [3.63, 3.8) is 0 Å². The van der Waals surface area contributed by atoms with Gasteiger partial charge in [0.15, 0.2) is 5.78 Å². The lowest BCUT2D eigenvalue weighted by molar-refractivity contribution is -0.138. The van der Waals surface area contributed by atoms with E-state index in [4.69, 9.17) is 4.74 Å². The summed E-state index contributed by atoms with van der Waals surface area (Å²) in [6, 6.07) is 7.99. The summed E-state index contributed by atoms with van der Waals surface area (Å²) in [6.45, 7) is 4.06. The maximum atomic E-state index is 13.1. The summed E-state index contributed by atoms with van der Waals surface area (Å²) < 4.78 is 5.86. The van der Waals surface area contributed by atoms with Crippen LogP contribution in [-0.2, 0) is 4.79 Å². The molecule has 0 amide bonds. The molecule has 4 aliphatic carbocycles. The average Bonchev–Trinajstić information content (AvgIpc) is 2.52. The van der Waals surface area contributed by atoms with Crippen LogP contribution in [0.4, 0.5) is 0 Å². The molecule has 4 saturated carbocycles. The van der Waals surface area contributed by atoms with Gasteiger partial charge in [-0.1, -0.05) is 18.2 Å². The highest BCUT2D eigenvalue weighted by atomic mass is 16.5. The number of carbonyl (C=O) groups is 1. The number of para-hydroxylation sites is 1. The van der Waals surface area contributed by atoms with E-state index in [1.54, 1.807) is 0 Å². The molecule has 0 aliphatic heterocycles. The fourth-order valence-electron chi connectivity index (χ4n) is 5.73. The number of hydrogen-bond donors (Lipinski definition) is 0. The van der Waals surface area contributed by atoms with Crippen LogP contribution in [0.5, 0.6) is 5.75 Å². The van der Waals surface area contributed by atoms with Gasteiger partial charge in [0.1, 0.15) is 5.75 Å². The molecular weight excluding hydrogens is 296 g/mol. The third kappa shape index (κ3) is 2.92. The molecule has 0 heterocycles. The number of benzene rings is 1. The highest BCUT2D eigenvalue weighted by molar-refractivity contribution is 5.98. The highest BCUT2D eigenvalue weighted by Gasteiger charge is 2.53. The van der Waals surface area contributed by atoms with E-state index < -0.39 is 0 Å². The second kappa shape index (κ2) is 6.06. The minimum atomic E-state index is -0.0426. The Morgan fingerprint density at radius 2 is 1.67 bits per heavy atom. The van der Waals surface area contributed by atoms with Crippen LogP contribution in [0.25, 0.3) is 6.08 Å². The molecule has 0 aromatic heterocycles. The molecule has 0 saturated heterocycles. The standard InChI is InChI=1S/C22H28O2/c1-15(2)24-20-6-4-3-5-19(20)7-8-21(23)22-12-16-9-17(13-22)11-18(10-16)14-22/h3-8,15-18H,9-14H2,1-2H3/b8-7+. The molecule has 0 unspecified atom stereocenters. The lowest BCUT2D eigenvalue weighted by atomic mass is 9.48.